The lowest BCUT2D eigenvalue weighted by Crippen LogP contribution is -2.12. The Kier molecular flexibility index (Phi) is 3.43. The fourth-order valence-electron chi connectivity index (χ4n) is 3.32. The molecule has 0 radical (unpaired) electrons. The van der Waals surface area contributed by atoms with Crippen LogP contribution in [0.1, 0.15) is 11.1 Å². The summed E-state index contributed by atoms with van der Waals surface area (Å²) in [5.74, 6) is 0.917. The van der Waals surface area contributed by atoms with Crippen molar-refractivity contribution < 1.29 is 9.21 Å². The summed E-state index contributed by atoms with van der Waals surface area (Å²) >= 11 is 0. The van der Waals surface area contributed by atoms with Crippen LogP contribution in [0.25, 0.3) is 22.4 Å². The molecule has 2 aromatic carbocycles. The molecule has 0 bridgehead atoms. The summed E-state index contributed by atoms with van der Waals surface area (Å²) in [6.45, 7) is 2.02. The normalized spacial score (nSPS) is 12.9. The van der Waals surface area contributed by atoms with Gasteiger partial charge in [0.2, 0.25) is 11.9 Å². The lowest BCUT2D eigenvalue weighted by molar-refractivity contribution is -0.115. The van der Waals surface area contributed by atoms with Crippen molar-refractivity contribution in [1.82, 2.24) is 9.97 Å². The summed E-state index contributed by atoms with van der Waals surface area (Å²) in [6, 6.07) is 15.6. The van der Waals surface area contributed by atoms with Gasteiger partial charge in [0, 0.05) is 22.8 Å². The molecule has 5 rings (SSSR count). The molecule has 27 heavy (non-hydrogen) atoms. The minimum Gasteiger partial charge on any atom is -0.452 e. The summed E-state index contributed by atoms with van der Waals surface area (Å²) in [5.41, 5.74) is 4.77. The Morgan fingerprint density at radius 2 is 1.93 bits per heavy atom. The van der Waals surface area contributed by atoms with Crippen molar-refractivity contribution >= 4 is 34.2 Å². The molecule has 6 heteroatoms. The van der Waals surface area contributed by atoms with Gasteiger partial charge in [0.1, 0.15) is 11.3 Å². The van der Waals surface area contributed by atoms with Crippen molar-refractivity contribution in [2.75, 3.05) is 10.6 Å². The van der Waals surface area contributed by atoms with Crippen LogP contribution in [0.15, 0.2) is 59.1 Å². The molecule has 1 aliphatic heterocycles. The van der Waals surface area contributed by atoms with Crippen LogP contribution in [0, 0.1) is 6.92 Å². The van der Waals surface area contributed by atoms with Crippen molar-refractivity contribution in [3.63, 3.8) is 0 Å². The van der Waals surface area contributed by atoms with E-state index >= 15 is 0 Å². The van der Waals surface area contributed by atoms with E-state index in [0.29, 0.717) is 28.7 Å². The minimum absolute atomic E-state index is 0.107. The van der Waals surface area contributed by atoms with E-state index in [9.17, 15) is 4.79 Å². The fraction of sp³-hybridized carbons (Fsp3) is 0.0952. The molecule has 3 heterocycles. The number of anilines is 3. The number of carbonyl (C=O) groups excluding carboxylic acids is 1. The van der Waals surface area contributed by atoms with Gasteiger partial charge >= 0.3 is 0 Å². The van der Waals surface area contributed by atoms with Crippen molar-refractivity contribution in [3.8, 4) is 11.5 Å². The van der Waals surface area contributed by atoms with Gasteiger partial charge in [-0.15, -0.1) is 0 Å². The van der Waals surface area contributed by atoms with Gasteiger partial charge in [-0.3, -0.25) is 4.79 Å². The Balaban J connectivity index is 1.66. The molecule has 2 N–H and O–H groups in total. The minimum atomic E-state index is -0.107. The van der Waals surface area contributed by atoms with E-state index in [4.69, 9.17) is 4.42 Å². The number of para-hydroxylation sites is 2. The third kappa shape index (κ3) is 2.62. The van der Waals surface area contributed by atoms with E-state index in [0.717, 1.165) is 22.2 Å². The average Bonchev–Trinajstić information content (AvgIpc) is 2.96. The summed E-state index contributed by atoms with van der Waals surface area (Å²) in [4.78, 5) is 21.4. The molecule has 0 saturated heterocycles. The third-order valence-corrected chi connectivity index (χ3v) is 4.68. The maximum absolute atomic E-state index is 12.3. The topological polar surface area (TPSA) is 80.1 Å². The molecular weight excluding hydrogens is 340 g/mol. The maximum Gasteiger partial charge on any atom is 0.229 e. The van der Waals surface area contributed by atoms with Gasteiger partial charge in [0.25, 0.3) is 0 Å². The van der Waals surface area contributed by atoms with Gasteiger partial charge in [0.05, 0.1) is 12.1 Å². The van der Waals surface area contributed by atoms with Crippen molar-refractivity contribution in [2.45, 2.75) is 13.3 Å². The molecule has 1 aliphatic rings. The second-order valence-corrected chi connectivity index (χ2v) is 6.53. The summed E-state index contributed by atoms with van der Waals surface area (Å²) in [6.07, 6.45) is 1.89. The zero-order valence-electron chi connectivity index (χ0n) is 14.6. The van der Waals surface area contributed by atoms with Crippen LogP contribution >= 0.6 is 0 Å². The number of hydrogen-bond donors (Lipinski definition) is 2. The van der Waals surface area contributed by atoms with Crippen LogP contribution in [-0.2, 0) is 11.2 Å². The van der Waals surface area contributed by atoms with Gasteiger partial charge in [0.15, 0.2) is 5.76 Å². The number of nitrogens with zero attached hydrogens (tertiary/aromatic N) is 2. The van der Waals surface area contributed by atoms with Gasteiger partial charge < -0.3 is 15.1 Å². The molecule has 0 saturated carbocycles. The zero-order chi connectivity index (χ0) is 18.4. The highest BCUT2D eigenvalue weighted by Gasteiger charge is 2.26. The quantitative estimate of drug-likeness (QED) is 0.555. The Morgan fingerprint density at radius 3 is 2.81 bits per heavy atom. The van der Waals surface area contributed by atoms with Gasteiger partial charge in [-0.25, -0.2) is 9.97 Å². The SMILES string of the molecule is Cc1ccccc1Nc1ncc2c(n1)-c1oc3ccccc3c1NC(=O)C2. The van der Waals surface area contributed by atoms with E-state index in [1.54, 1.807) is 6.20 Å². The first-order chi connectivity index (χ1) is 13.2. The first kappa shape index (κ1) is 15.6. The summed E-state index contributed by atoms with van der Waals surface area (Å²) in [5, 5.41) is 7.06. The maximum atomic E-state index is 12.3. The van der Waals surface area contributed by atoms with Crippen LogP contribution in [0.2, 0.25) is 0 Å². The fourth-order valence-corrected chi connectivity index (χ4v) is 3.32. The first-order valence-electron chi connectivity index (χ1n) is 8.69. The molecule has 1 amide bonds. The number of nitrogens with one attached hydrogen (secondary N) is 2. The van der Waals surface area contributed by atoms with Crippen LogP contribution < -0.4 is 10.6 Å². The largest absolute Gasteiger partial charge is 0.452 e. The van der Waals surface area contributed by atoms with E-state index in [2.05, 4.69) is 20.6 Å². The molecule has 0 aliphatic carbocycles. The molecule has 132 valence electrons. The van der Waals surface area contributed by atoms with Gasteiger partial charge in [-0.05, 0) is 30.7 Å². The van der Waals surface area contributed by atoms with E-state index in [1.807, 2.05) is 55.5 Å². The highest BCUT2D eigenvalue weighted by atomic mass is 16.3. The number of amides is 1. The highest BCUT2D eigenvalue weighted by molar-refractivity contribution is 6.08. The van der Waals surface area contributed by atoms with Crippen LogP contribution in [0.5, 0.6) is 0 Å². The number of rotatable bonds is 2. The number of benzene rings is 2. The van der Waals surface area contributed by atoms with Gasteiger partial charge in [-0.2, -0.15) is 0 Å². The predicted molar refractivity (Wildman–Crippen MR) is 104 cm³/mol. The highest BCUT2D eigenvalue weighted by Crippen LogP contribution is 2.40. The lowest BCUT2D eigenvalue weighted by Gasteiger charge is -2.10. The smallest absolute Gasteiger partial charge is 0.229 e. The molecule has 6 nitrogen and oxygen atoms in total. The molecular formula is C21H16N4O2. The zero-order valence-corrected chi connectivity index (χ0v) is 14.6. The van der Waals surface area contributed by atoms with Crippen LogP contribution in [0.3, 0.4) is 0 Å². The average molecular weight is 356 g/mol. The van der Waals surface area contributed by atoms with Crippen molar-refractivity contribution in [3.05, 3.63) is 65.9 Å². The first-order valence-corrected chi connectivity index (χ1v) is 8.69. The van der Waals surface area contributed by atoms with Crippen molar-refractivity contribution in [1.29, 1.82) is 0 Å². The number of furan rings is 1. The Hall–Kier alpha value is -3.67. The summed E-state index contributed by atoms with van der Waals surface area (Å²) in [7, 11) is 0. The van der Waals surface area contributed by atoms with Crippen LogP contribution in [-0.4, -0.2) is 15.9 Å². The van der Waals surface area contributed by atoms with Crippen molar-refractivity contribution in [2.24, 2.45) is 0 Å². The summed E-state index contributed by atoms with van der Waals surface area (Å²) < 4.78 is 6.04. The standard InChI is InChI=1S/C21H16N4O2/c1-12-6-2-4-8-15(12)23-21-22-11-13-10-17(26)24-19-14-7-3-5-9-16(14)27-20(19)18(13)25-21/h2-9,11H,10H2,1H3,(H,24,26)(H,22,23,25). The van der Waals surface area contributed by atoms with Crippen LogP contribution in [0.4, 0.5) is 17.3 Å². The number of fused-ring (bicyclic) bond motifs is 5. The second kappa shape index (κ2) is 5.95. The monoisotopic (exact) mass is 356 g/mol. The molecule has 0 unspecified atom stereocenters. The Morgan fingerprint density at radius 1 is 1.11 bits per heavy atom. The number of aryl methyl sites for hydroxylation is 1. The second-order valence-electron chi connectivity index (χ2n) is 6.53. The molecule has 4 aromatic rings. The Bertz CT molecular complexity index is 1200. The molecule has 2 aromatic heterocycles. The Labute approximate surface area is 155 Å². The van der Waals surface area contributed by atoms with E-state index in [1.165, 1.54) is 0 Å². The molecule has 0 spiro atoms. The number of hydrogen-bond acceptors (Lipinski definition) is 5. The van der Waals surface area contributed by atoms with E-state index < -0.39 is 0 Å². The third-order valence-electron chi connectivity index (χ3n) is 4.68. The van der Waals surface area contributed by atoms with E-state index in [-0.39, 0.29) is 12.3 Å². The predicted octanol–water partition coefficient (Wildman–Crippen LogP) is 4.44. The molecule has 0 fully saturated rings. The molecule has 0 atom stereocenters. The number of aromatic nitrogens is 2. The van der Waals surface area contributed by atoms with Gasteiger partial charge in [-0.1, -0.05) is 30.3 Å². The lowest BCUT2D eigenvalue weighted by atomic mass is 10.1. The number of carbonyl (C=O) groups is 1.